The predicted octanol–water partition coefficient (Wildman–Crippen LogP) is 5.03. The molecule has 4 heteroatoms. The van der Waals surface area contributed by atoms with Gasteiger partial charge in [-0.2, -0.15) is 0 Å². The van der Waals surface area contributed by atoms with Crippen molar-refractivity contribution < 1.29 is 8.81 Å². The molecule has 1 aromatic heterocycles. The van der Waals surface area contributed by atoms with E-state index >= 15 is 0 Å². The van der Waals surface area contributed by atoms with Crippen molar-refractivity contribution >= 4 is 26.9 Å². The van der Waals surface area contributed by atoms with Gasteiger partial charge in [0.15, 0.2) is 0 Å². The highest BCUT2D eigenvalue weighted by molar-refractivity contribution is 9.10. The van der Waals surface area contributed by atoms with E-state index in [4.69, 9.17) is 4.42 Å². The summed E-state index contributed by atoms with van der Waals surface area (Å²) < 4.78 is 20.2. The fourth-order valence-corrected chi connectivity index (χ4v) is 2.95. The van der Waals surface area contributed by atoms with E-state index in [2.05, 4.69) is 21.2 Å². The van der Waals surface area contributed by atoms with Crippen LogP contribution in [-0.4, -0.2) is 6.54 Å². The highest BCUT2D eigenvalue weighted by Crippen LogP contribution is 2.33. The first-order valence-electron chi connectivity index (χ1n) is 6.86. The summed E-state index contributed by atoms with van der Waals surface area (Å²) in [5, 5.41) is 4.40. The maximum atomic E-state index is 13.8. The summed E-state index contributed by atoms with van der Waals surface area (Å²) in [6, 6.07) is 14.7. The van der Waals surface area contributed by atoms with E-state index in [0.29, 0.717) is 4.47 Å². The summed E-state index contributed by atoms with van der Waals surface area (Å²) in [5.74, 6) is 0.510. The number of para-hydroxylation sites is 1. The number of rotatable bonds is 4. The zero-order valence-corrected chi connectivity index (χ0v) is 13.2. The first-order chi connectivity index (χ1) is 10.2. The van der Waals surface area contributed by atoms with E-state index in [1.807, 2.05) is 43.3 Å². The fraction of sp³-hybridized carbons (Fsp3) is 0.176. The monoisotopic (exact) mass is 347 g/mol. The molecule has 3 aromatic rings. The molecular formula is C17H15BrFNO. The molecule has 3 rings (SSSR count). The van der Waals surface area contributed by atoms with Crippen molar-refractivity contribution in [2.75, 3.05) is 6.54 Å². The number of hydrogen-bond donors (Lipinski definition) is 1. The normalized spacial score (nSPS) is 12.7. The van der Waals surface area contributed by atoms with Gasteiger partial charge in [0.2, 0.25) is 0 Å². The highest BCUT2D eigenvalue weighted by Gasteiger charge is 2.21. The number of hydrogen-bond acceptors (Lipinski definition) is 2. The molecule has 0 radical (unpaired) electrons. The van der Waals surface area contributed by atoms with E-state index in [1.165, 1.54) is 6.07 Å². The van der Waals surface area contributed by atoms with Gasteiger partial charge in [-0.15, -0.1) is 0 Å². The zero-order chi connectivity index (χ0) is 14.8. The summed E-state index contributed by atoms with van der Waals surface area (Å²) in [6.45, 7) is 2.77. The first-order valence-corrected chi connectivity index (χ1v) is 7.65. The van der Waals surface area contributed by atoms with E-state index in [0.717, 1.165) is 28.8 Å². The highest BCUT2D eigenvalue weighted by atomic mass is 79.9. The molecule has 0 aliphatic heterocycles. The second kappa shape index (κ2) is 6.00. The van der Waals surface area contributed by atoms with E-state index in [9.17, 15) is 4.39 Å². The van der Waals surface area contributed by atoms with Crippen LogP contribution in [0.5, 0.6) is 0 Å². The molecule has 2 aromatic carbocycles. The van der Waals surface area contributed by atoms with Gasteiger partial charge in [-0.05, 0) is 46.2 Å². The first kappa shape index (κ1) is 14.3. The van der Waals surface area contributed by atoms with Crippen LogP contribution in [0.25, 0.3) is 11.0 Å². The number of furan rings is 1. The summed E-state index contributed by atoms with van der Waals surface area (Å²) in [5.41, 5.74) is 1.67. The van der Waals surface area contributed by atoms with Crippen molar-refractivity contribution in [3.8, 4) is 0 Å². The Morgan fingerprint density at radius 3 is 2.76 bits per heavy atom. The van der Waals surface area contributed by atoms with Gasteiger partial charge in [-0.3, -0.25) is 0 Å². The molecule has 1 unspecified atom stereocenters. The van der Waals surface area contributed by atoms with Crippen LogP contribution < -0.4 is 5.32 Å². The molecule has 1 N–H and O–H groups in total. The SMILES string of the molecule is CCNC(c1cc2ccccc2o1)c1cccc(F)c1Br. The topological polar surface area (TPSA) is 25.2 Å². The third-order valence-electron chi connectivity index (χ3n) is 3.43. The minimum atomic E-state index is -0.272. The Balaban J connectivity index is 2.10. The van der Waals surface area contributed by atoms with Gasteiger partial charge >= 0.3 is 0 Å². The quantitative estimate of drug-likeness (QED) is 0.715. The van der Waals surface area contributed by atoms with E-state index in [-0.39, 0.29) is 11.9 Å². The smallest absolute Gasteiger partial charge is 0.137 e. The molecule has 0 fully saturated rings. The van der Waals surface area contributed by atoms with Gasteiger partial charge in [-0.1, -0.05) is 37.3 Å². The predicted molar refractivity (Wildman–Crippen MR) is 85.8 cm³/mol. The molecule has 0 saturated heterocycles. The fourth-order valence-electron chi connectivity index (χ4n) is 2.46. The third-order valence-corrected chi connectivity index (χ3v) is 4.27. The van der Waals surface area contributed by atoms with Crippen LogP contribution in [0.1, 0.15) is 24.3 Å². The zero-order valence-electron chi connectivity index (χ0n) is 11.6. The van der Waals surface area contributed by atoms with Crippen molar-refractivity contribution in [2.45, 2.75) is 13.0 Å². The molecule has 21 heavy (non-hydrogen) atoms. The van der Waals surface area contributed by atoms with Crippen molar-refractivity contribution in [3.05, 3.63) is 70.1 Å². The molecule has 0 aliphatic carbocycles. The Labute approximate surface area is 131 Å². The average Bonchev–Trinajstić information content (AvgIpc) is 2.91. The Kier molecular flexibility index (Phi) is 4.08. The molecule has 0 saturated carbocycles. The van der Waals surface area contributed by atoms with Crippen LogP contribution in [-0.2, 0) is 0 Å². The summed E-state index contributed by atoms with van der Waals surface area (Å²) >= 11 is 3.34. The van der Waals surface area contributed by atoms with Crippen LogP contribution in [0, 0.1) is 5.82 Å². The Morgan fingerprint density at radius 2 is 2.00 bits per heavy atom. The van der Waals surface area contributed by atoms with Crippen LogP contribution >= 0.6 is 15.9 Å². The van der Waals surface area contributed by atoms with Gasteiger partial charge in [0.05, 0.1) is 10.5 Å². The van der Waals surface area contributed by atoms with Crippen molar-refractivity contribution in [1.82, 2.24) is 5.32 Å². The molecule has 0 spiro atoms. The maximum Gasteiger partial charge on any atom is 0.137 e. The van der Waals surface area contributed by atoms with E-state index < -0.39 is 0 Å². The second-order valence-electron chi connectivity index (χ2n) is 4.82. The lowest BCUT2D eigenvalue weighted by atomic mass is 10.0. The molecule has 2 nitrogen and oxygen atoms in total. The van der Waals surface area contributed by atoms with Crippen LogP contribution in [0.4, 0.5) is 4.39 Å². The third kappa shape index (κ3) is 2.74. The van der Waals surface area contributed by atoms with Gasteiger partial charge < -0.3 is 9.73 Å². The average molecular weight is 348 g/mol. The molecule has 0 bridgehead atoms. The van der Waals surface area contributed by atoms with Crippen LogP contribution in [0.3, 0.4) is 0 Å². The largest absolute Gasteiger partial charge is 0.459 e. The molecule has 108 valence electrons. The standard InChI is InChI=1S/C17H15BrFNO/c1-2-20-17(12-7-5-8-13(19)16(12)18)15-10-11-6-3-4-9-14(11)21-15/h3-10,17,20H,2H2,1H3. The van der Waals surface area contributed by atoms with E-state index in [1.54, 1.807) is 6.07 Å². The number of halogens is 2. The number of nitrogens with one attached hydrogen (secondary N) is 1. The van der Waals surface area contributed by atoms with Crippen LogP contribution in [0.15, 0.2) is 57.4 Å². The number of fused-ring (bicyclic) bond motifs is 1. The Hall–Kier alpha value is -1.65. The van der Waals surface area contributed by atoms with Crippen molar-refractivity contribution in [2.24, 2.45) is 0 Å². The minimum Gasteiger partial charge on any atom is -0.459 e. The van der Waals surface area contributed by atoms with Crippen molar-refractivity contribution in [1.29, 1.82) is 0 Å². The Bertz CT molecular complexity index is 735. The molecule has 0 amide bonds. The summed E-state index contributed by atoms with van der Waals surface area (Å²) in [7, 11) is 0. The second-order valence-corrected chi connectivity index (χ2v) is 5.61. The lowest BCUT2D eigenvalue weighted by molar-refractivity contribution is 0.474. The lowest BCUT2D eigenvalue weighted by Gasteiger charge is -2.17. The molecule has 1 atom stereocenters. The Morgan fingerprint density at radius 1 is 1.19 bits per heavy atom. The minimum absolute atomic E-state index is 0.188. The van der Waals surface area contributed by atoms with Gasteiger partial charge in [0.1, 0.15) is 17.2 Å². The molecule has 0 aliphatic rings. The summed E-state index contributed by atoms with van der Waals surface area (Å²) in [4.78, 5) is 0. The molecule has 1 heterocycles. The molecular weight excluding hydrogens is 333 g/mol. The van der Waals surface area contributed by atoms with Gasteiger partial charge in [-0.25, -0.2) is 4.39 Å². The maximum absolute atomic E-state index is 13.8. The van der Waals surface area contributed by atoms with Crippen molar-refractivity contribution in [3.63, 3.8) is 0 Å². The van der Waals surface area contributed by atoms with Gasteiger partial charge in [0, 0.05) is 5.39 Å². The summed E-state index contributed by atoms with van der Waals surface area (Å²) in [6.07, 6.45) is 0. The van der Waals surface area contributed by atoms with Gasteiger partial charge in [0.25, 0.3) is 0 Å². The van der Waals surface area contributed by atoms with Crippen LogP contribution in [0.2, 0.25) is 0 Å². The number of benzene rings is 2. The lowest BCUT2D eigenvalue weighted by Crippen LogP contribution is -2.22.